The second kappa shape index (κ2) is 7.66. The molecule has 1 atom stereocenters. The van der Waals surface area contributed by atoms with E-state index in [9.17, 15) is 4.79 Å². The first-order valence-corrected chi connectivity index (χ1v) is 8.94. The lowest BCUT2D eigenvalue weighted by atomic mass is 10.1. The summed E-state index contributed by atoms with van der Waals surface area (Å²) in [6.07, 6.45) is 2.57. The molecule has 1 aliphatic rings. The van der Waals surface area contributed by atoms with Gasteiger partial charge in [0.15, 0.2) is 11.5 Å². The Balaban J connectivity index is 1.76. The minimum Gasteiger partial charge on any atom is -0.493 e. The van der Waals surface area contributed by atoms with Gasteiger partial charge in [-0.3, -0.25) is 4.79 Å². The highest BCUT2D eigenvalue weighted by atomic mass is 32.2. The van der Waals surface area contributed by atoms with Gasteiger partial charge >= 0.3 is 0 Å². The first-order valence-electron chi connectivity index (χ1n) is 7.90. The summed E-state index contributed by atoms with van der Waals surface area (Å²) in [4.78, 5) is 14.8. The van der Waals surface area contributed by atoms with Crippen LogP contribution in [0.15, 0.2) is 41.0 Å². The quantitative estimate of drug-likeness (QED) is 0.845. The van der Waals surface area contributed by atoms with Gasteiger partial charge in [0.2, 0.25) is 0 Å². The van der Waals surface area contributed by atoms with Crippen molar-refractivity contribution < 1.29 is 18.7 Å². The van der Waals surface area contributed by atoms with Gasteiger partial charge in [-0.2, -0.15) is 0 Å². The molecule has 1 fully saturated rings. The maximum atomic E-state index is 13.0. The Kier molecular flexibility index (Phi) is 5.35. The van der Waals surface area contributed by atoms with Crippen molar-refractivity contribution in [2.75, 3.05) is 33.1 Å². The van der Waals surface area contributed by atoms with Crippen LogP contribution < -0.4 is 9.47 Å². The fraction of sp³-hybridized carbons (Fsp3) is 0.389. The van der Waals surface area contributed by atoms with Crippen molar-refractivity contribution in [2.24, 2.45) is 0 Å². The van der Waals surface area contributed by atoms with Gasteiger partial charge in [-0.15, -0.1) is 11.8 Å². The normalized spacial score (nSPS) is 18.1. The third-order valence-corrected chi connectivity index (χ3v) is 5.41. The molecule has 128 valence electrons. The van der Waals surface area contributed by atoms with E-state index in [1.807, 2.05) is 34.9 Å². The van der Waals surface area contributed by atoms with Crippen molar-refractivity contribution in [1.29, 1.82) is 0 Å². The van der Waals surface area contributed by atoms with Gasteiger partial charge in [-0.1, -0.05) is 6.07 Å². The first-order chi connectivity index (χ1) is 11.7. The zero-order chi connectivity index (χ0) is 16.9. The van der Waals surface area contributed by atoms with Crippen molar-refractivity contribution in [1.82, 2.24) is 4.90 Å². The molecule has 0 N–H and O–H groups in total. The number of furan rings is 1. The van der Waals surface area contributed by atoms with Crippen LogP contribution >= 0.6 is 11.8 Å². The van der Waals surface area contributed by atoms with Crippen molar-refractivity contribution in [3.8, 4) is 11.5 Å². The predicted octanol–water partition coefficient (Wildman–Crippen LogP) is 3.62. The Morgan fingerprint density at radius 2 is 2.08 bits per heavy atom. The number of amides is 1. The van der Waals surface area contributed by atoms with Crippen LogP contribution in [-0.2, 0) is 0 Å². The van der Waals surface area contributed by atoms with Gasteiger partial charge in [0.05, 0.1) is 31.3 Å². The van der Waals surface area contributed by atoms with E-state index >= 15 is 0 Å². The Hall–Kier alpha value is -2.08. The summed E-state index contributed by atoms with van der Waals surface area (Å²) in [5.74, 6) is 2.90. The molecular formula is C18H21NO4S. The smallest absolute Gasteiger partial charge is 0.257 e. The number of para-hydroxylation sites is 1. The highest BCUT2D eigenvalue weighted by Crippen LogP contribution is 2.36. The molecule has 24 heavy (non-hydrogen) atoms. The number of ether oxygens (including phenoxy) is 2. The Labute approximate surface area is 145 Å². The van der Waals surface area contributed by atoms with E-state index < -0.39 is 0 Å². The average molecular weight is 347 g/mol. The number of methoxy groups -OCH3 is 2. The van der Waals surface area contributed by atoms with Crippen LogP contribution in [0.1, 0.15) is 27.8 Å². The fourth-order valence-electron chi connectivity index (χ4n) is 2.90. The monoisotopic (exact) mass is 347 g/mol. The van der Waals surface area contributed by atoms with Gasteiger partial charge in [0, 0.05) is 18.8 Å². The summed E-state index contributed by atoms with van der Waals surface area (Å²) in [5.41, 5.74) is 0.540. The number of nitrogens with zero attached hydrogens (tertiary/aromatic N) is 1. The third-order valence-electron chi connectivity index (χ3n) is 4.12. The highest BCUT2D eigenvalue weighted by molar-refractivity contribution is 7.99. The minimum absolute atomic E-state index is 0.0218. The van der Waals surface area contributed by atoms with Crippen molar-refractivity contribution >= 4 is 17.7 Å². The van der Waals surface area contributed by atoms with E-state index in [-0.39, 0.29) is 5.91 Å². The number of carbonyl (C=O) groups is 1. The van der Waals surface area contributed by atoms with Gasteiger partial charge in [0.1, 0.15) is 5.76 Å². The third kappa shape index (κ3) is 3.38. The number of rotatable bonds is 4. The van der Waals surface area contributed by atoms with E-state index in [2.05, 4.69) is 0 Å². The summed E-state index contributed by atoms with van der Waals surface area (Å²) in [6, 6.07) is 9.30. The van der Waals surface area contributed by atoms with Crippen molar-refractivity contribution in [3.63, 3.8) is 0 Å². The second-order valence-electron chi connectivity index (χ2n) is 5.50. The molecule has 1 aliphatic heterocycles. The molecule has 0 saturated carbocycles. The zero-order valence-corrected chi connectivity index (χ0v) is 14.7. The molecule has 1 amide bonds. The maximum Gasteiger partial charge on any atom is 0.257 e. The summed E-state index contributed by atoms with van der Waals surface area (Å²) < 4.78 is 16.2. The van der Waals surface area contributed by atoms with Crippen molar-refractivity contribution in [3.05, 3.63) is 47.9 Å². The summed E-state index contributed by atoms with van der Waals surface area (Å²) in [6.45, 7) is 1.40. The number of hydrogen-bond acceptors (Lipinski definition) is 5. The lowest BCUT2D eigenvalue weighted by Gasteiger charge is -2.22. The Bertz CT molecular complexity index is 686. The largest absolute Gasteiger partial charge is 0.493 e. The molecule has 2 heterocycles. The molecule has 5 nitrogen and oxygen atoms in total. The minimum atomic E-state index is -0.0218. The van der Waals surface area contributed by atoms with Gasteiger partial charge in [-0.05, 0) is 30.7 Å². The Morgan fingerprint density at radius 3 is 2.79 bits per heavy atom. The molecule has 3 rings (SSSR count). The number of thioether (sulfide) groups is 1. The molecule has 6 heteroatoms. The molecule has 2 aromatic rings. The highest BCUT2D eigenvalue weighted by Gasteiger charge is 2.26. The molecule has 1 aromatic heterocycles. The van der Waals surface area contributed by atoms with Crippen LogP contribution in [0.4, 0.5) is 0 Å². The van der Waals surface area contributed by atoms with E-state index in [0.29, 0.717) is 35.4 Å². The molecular weight excluding hydrogens is 326 g/mol. The fourth-order valence-corrected chi connectivity index (χ4v) is 4.08. The molecule has 0 bridgehead atoms. The van der Waals surface area contributed by atoms with Crippen LogP contribution in [0.2, 0.25) is 0 Å². The number of hydrogen-bond donors (Lipinski definition) is 0. The van der Waals surface area contributed by atoms with Crippen LogP contribution in [-0.4, -0.2) is 43.9 Å². The number of carbonyl (C=O) groups excluding carboxylic acids is 1. The second-order valence-corrected chi connectivity index (χ2v) is 6.81. The lowest BCUT2D eigenvalue weighted by molar-refractivity contribution is 0.0762. The molecule has 0 aliphatic carbocycles. The van der Waals surface area contributed by atoms with E-state index in [1.54, 1.807) is 32.6 Å². The zero-order valence-electron chi connectivity index (χ0n) is 13.9. The van der Waals surface area contributed by atoms with E-state index in [4.69, 9.17) is 13.9 Å². The van der Waals surface area contributed by atoms with E-state index in [1.165, 1.54) is 0 Å². The first kappa shape index (κ1) is 16.8. The van der Waals surface area contributed by atoms with Crippen LogP contribution in [0.25, 0.3) is 0 Å². The maximum absolute atomic E-state index is 13.0. The molecule has 1 saturated heterocycles. The lowest BCUT2D eigenvalue weighted by Crippen LogP contribution is -2.33. The topological polar surface area (TPSA) is 51.9 Å². The SMILES string of the molecule is COc1cccc(C(=O)N2CCSC(c3ccco3)CC2)c1OC. The van der Waals surface area contributed by atoms with Gasteiger partial charge in [0.25, 0.3) is 5.91 Å². The molecule has 0 spiro atoms. The molecule has 0 radical (unpaired) electrons. The standard InChI is InChI=1S/C18H21NO4S/c1-21-15-6-3-5-13(17(15)22-2)18(20)19-9-8-16(24-12-10-19)14-7-4-11-23-14/h3-7,11,16H,8-10,12H2,1-2H3. The Morgan fingerprint density at radius 1 is 1.21 bits per heavy atom. The predicted molar refractivity (Wildman–Crippen MR) is 94.0 cm³/mol. The van der Waals surface area contributed by atoms with Crippen molar-refractivity contribution in [2.45, 2.75) is 11.7 Å². The summed E-state index contributed by atoms with van der Waals surface area (Å²) in [5, 5.41) is 0.296. The van der Waals surface area contributed by atoms with Crippen LogP contribution in [0.5, 0.6) is 11.5 Å². The van der Waals surface area contributed by atoms with Crippen LogP contribution in [0, 0.1) is 0 Å². The van der Waals surface area contributed by atoms with Crippen LogP contribution in [0.3, 0.4) is 0 Å². The molecule has 1 unspecified atom stereocenters. The van der Waals surface area contributed by atoms with Gasteiger partial charge < -0.3 is 18.8 Å². The number of benzene rings is 1. The van der Waals surface area contributed by atoms with Gasteiger partial charge in [-0.25, -0.2) is 0 Å². The summed E-state index contributed by atoms with van der Waals surface area (Å²) >= 11 is 1.83. The molecule has 1 aromatic carbocycles. The van der Waals surface area contributed by atoms with E-state index in [0.717, 1.165) is 17.9 Å². The summed E-state index contributed by atoms with van der Waals surface area (Å²) in [7, 11) is 3.13. The average Bonchev–Trinajstić information content (AvgIpc) is 3.05.